The molecule has 180 valence electrons. The average Bonchev–Trinajstić information content (AvgIpc) is 3.33. The molecule has 1 atom stereocenters. The van der Waals surface area contributed by atoms with E-state index in [0.717, 1.165) is 37.0 Å². The Morgan fingerprint density at radius 1 is 1.14 bits per heavy atom. The van der Waals surface area contributed by atoms with Crippen LogP contribution in [0.25, 0.3) is 11.3 Å². The van der Waals surface area contributed by atoms with Gasteiger partial charge in [0.15, 0.2) is 6.17 Å². The number of hydrogen-bond donors (Lipinski definition) is 2. The molecule has 0 saturated heterocycles. The number of nitrogens with zero attached hydrogens (tertiary/aromatic N) is 2. The number of alkyl halides is 3. The largest absolute Gasteiger partial charge is 0.457 e. The number of carbonyl (C=O) groups excluding carboxylic acids is 1. The Kier molecular flexibility index (Phi) is 6.94. The highest BCUT2D eigenvalue weighted by Gasteiger charge is 2.36. The van der Waals surface area contributed by atoms with Gasteiger partial charge in [-0.1, -0.05) is 37.6 Å². The zero-order valence-electron chi connectivity index (χ0n) is 18.8. The molecule has 1 aromatic heterocycles. The first-order chi connectivity index (χ1) is 16.7. The third-order valence-corrected chi connectivity index (χ3v) is 6.16. The molecule has 3 aromatic rings. The first-order valence-corrected chi connectivity index (χ1v) is 11.5. The number of anilines is 1. The molecule has 5 nitrogen and oxygen atoms in total. The zero-order valence-corrected chi connectivity index (χ0v) is 19.7. The lowest BCUT2D eigenvalue weighted by atomic mass is 10.1. The van der Waals surface area contributed by atoms with Crippen LogP contribution in [-0.4, -0.2) is 5.91 Å². The molecular weight excluding hydrogens is 475 g/mol. The number of carbonyl (C=O) groups is 1. The first-order valence-electron chi connectivity index (χ1n) is 11.0. The molecular formula is C26H22F3N3O2S. The Morgan fingerprint density at radius 3 is 2.54 bits per heavy atom. The summed E-state index contributed by atoms with van der Waals surface area (Å²) in [5.41, 5.74) is 1.14. The number of halogens is 3. The highest BCUT2D eigenvalue weighted by molar-refractivity contribution is 7.84. The van der Waals surface area contributed by atoms with Gasteiger partial charge in [0.05, 0.1) is 10.6 Å². The van der Waals surface area contributed by atoms with Crippen LogP contribution < -0.4 is 10.2 Å². The van der Waals surface area contributed by atoms with Crippen LogP contribution >= 0.6 is 12.6 Å². The van der Waals surface area contributed by atoms with E-state index >= 15 is 0 Å². The minimum atomic E-state index is -4.48. The van der Waals surface area contributed by atoms with E-state index < -0.39 is 23.8 Å². The maximum atomic E-state index is 13.1. The molecule has 1 aliphatic rings. The van der Waals surface area contributed by atoms with Crippen molar-refractivity contribution >= 4 is 24.2 Å². The van der Waals surface area contributed by atoms with E-state index in [-0.39, 0.29) is 27.7 Å². The fraction of sp³-hybridized carbons (Fsp3) is 0.231. The molecule has 9 heteroatoms. The fourth-order valence-electron chi connectivity index (χ4n) is 3.88. The van der Waals surface area contributed by atoms with E-state index in [9.17, 15) is 23.2 Å². The SMILES string of the molecule is CCCCc1ccc(N2C(S)=C(C#N)C(=O)NC2c2ccc(-c3cccc(C(F)(F)F)c3)o2)cc1. The Hall–Kier alpha value is -3.64. The normalized spacial score (nSPS) is 16.3. The van der Waals surface area contributed by atoms with Gasteiger partial charge in [-0.15, -0.1) is 12.6 Å². The van der Waals surface area contributed by atoms with Crippen LogP contribution in [-0.2, 0) is 17.4 Å². The molecule has 2 aromatic carbocycles. The molecule has 1 amide bonds. The number of rotatable bonds is 6. The lowest BCUT2D eigenvalue weighted by molar-refractivity contribution is -0.137. The topological polar surface area (TPSA) is 69.3 Å². The standard InChI is InChI=1S/C26H22F3N3O2S/c1-2-3-5-16-8-10-19(11-9-16)32-23(31-24(33)20(15-30)25(32)35)22-13-12-21(34-22)17-6-4-7-18(14-17)26(27,28)29/h4,6-14,23,35H,2-3,5H2,1H3,(H,31,33). The fourth-order valence-corrected chi connectivity index (χ4v) is 4.27. The van der Waals surface area contributed by atoms with Crippen LogP contribution in [0.2, 0.25) is 0 Å². The molecule has 0 aliphatic carbocycles. The number of aryl methyl sites for hydroxylation is 1. The molecule has 4 rings (SSSR count). The van der Waals surface area contributed by atoms with Crippen molar-refractivity contribution in [2.75, 3.05) is 4.90 Å². The van der Waals surface area contributed by atoms with Gasteiger partial charge < -0.3 is 14.6 Å². The van der Waals surface area contributed by atoms with Gasteiger partial charge in [-0.05, 0) is 54.8 Å². The van der Waals surface area contributed by atoms with Crippen LogP contribution in [0.4, 0.5) is 18.9 Å². The van der Waals surface area contributed by atoms with E-state index in [2.05, 4.69) is 24.9 Å². The van der Waals surface area contributed by atoms with Crippen molar-refractivity contribution in [2.24, 2.45) is 0 Å². The van der Waals surface area contributed by atoms with Crippen molar-refractivity contribution in [1.29, 1.82) is 5.26 Å². The summed E-state index contributed by atoms with van der Waals surface area (Å²) in [5.74, 6) is -0.120. The van der Waals surface area contributed by atoms with Crippen molar-refractivity contribution < 1.29 is 22.4 Å². The third-order valence-electron chi connectivity index (χ3n) is 5.72. The molecule has 0 radical (unpaired) electrons. The van der Waals surface area contributed by atoms with Crippen LogP contribution in [0.15, 0.2) is 75.7 Å². The number of furan rings is 1. The van der Waals surface area contributed by atoms with E-state index in [4.69, 9.17) is 4.42 Å². The number of nitrogens with one attached hydrogen (secondary N) is 1. The molecule has 1 aliphatic heterocycles. The van der Waals surface area contributed by atoms with Crippen LogP contribution in [0.5, 0.6) is 0 Å². The van der Waals surface area contributed by atoms with Crippen LogP contribution in [0.1, 0.15) is 42.8 Å². The lowest BCUT2D eigenvalue weighted by Gasteiger charge is -2.36. The van der Waals surface area contributed by atoms with Gasteiger partial charge in [-0.25, -0.2) is 0 Å². The lowest BCUT2D eigenvalue weighted by Crippen LogP contribution is -2.45. The summed E-state index contributed by atoms with van der Waals surface area (Å²) in [5, 5.41) is 12.4. The van der Waals surface area contributed by atoms with E-state index in [1.165, 1.54) is 12.1 Å². The monoisotopic (exact) mass is 497 g/mol. The van der Waals surface area contributed by atoms with Gasteiger partial charge in [-0.3, -0.25) is 4.79 Å². The predicted molar refractivity (Wildman–Crippen MR) is 129 cm³/mol. The Labute approximate surface area is 206 Å². The second kappa shape index (κ2) is 9.92. The van der Waals surface area contributed by atoms with Gasteiger partial charge in [0.1, 0.15) is 23.2 Å². The summed E-state index contributed by atoms with van der Waals surface area (Å²) in [4.78, 5) is 14.2. The van der Waals surface area contributed by atoms with E-state index in [1.807, 2.05) is 30.3 Å². The highest BCUT2D eigenvalue weighted by atomic mass is 32.1. The zero-order chi connectivity index (χ0) is 25.2. The first kappa shape index (κ1) is 24.5. The van der Waals surface area contributed by atoms with Crippen molar-refractivity contribution in [3.63, 3.8) is 0 Å². The van der Waals surface area contributed by atoms with Crippen molar-refractivity contribution in [2.45, 2.75) is 38.5 Å². The second-order valence-electron chi connectivity index (χ2n) is 8.11. The molecule has 0 bridgehead atoms. The number of nitriles is 1. The average molecular weight is 498 g/mol. The van der Waals surface area contributed by atoms with Gasteiger partial charge in [0, 0.05) is 11.3 Å². The predicted octanol–water partition coefficient (Wildman–Crippen LogP) is 6.61. The quantitative estimate of drug-likeness (QED) is 0.376. The number of hydrogen-bond acceptors (Lipinski definition) is 5. The third kappa shape index (κ3) is 5.08. The summed E-state index contributed by atoms with van der Waals surface area (Å²) >= 11 is 4.47. The molecule has 0 fully saturated rings. The number of unbranched alkanes of at least 4 members (excludes halogenated alkanes) is 1. The molecule has 1 N–H and O–H groups in total. The number of amides is 1. The van der Waals surface area contributed by atoms with Gasteiger partial charge >= 0.3 is 6.18 Å². The van der Waals surface area contributed by atoms with Gasteiger partial charge in [0.25, 0.3) is 5.91 Å². The van der Waals surface area contributed by atoms with Crippen molar-refractivity contribution in [3.8, 4) is 17.4 Å². The molecule has 0 spiro atoms. The number of thiol groups is 1. The van der Waals surface area contributed by atoms with Crippen LogP contribution in [0, 0.1) is 11.3 Å². The summed E-state index contributed by atoms with van der Waals surface area (Å²) < 4.78 is 45.3. The summed E-state index contributed by atoms with van der Waals surface area (Å²) in [6, 6.07) is 17.5. The summed E-state index contributed by atoms with van der Waals surface area (Å²) in [6.07, 6.45) is -2.27. The molecule has 0 saturated carbocycles. The minimum absolute atomic E-state index is 0.149. The smallest absolute Gasteiger partial charge is 0.416 e. The van der Waals surface area contributed by atoms with Gasteiger partial charge in [-0.2, -0.15) is 18.4 Å². The molecule has 1 unspecified atom stereocenters. The van der Waals surface area contributed by atoms with Crippen LogP contribution in [0.3, 0.4) is 0 Å². The van der Waals surface area contributed by atoms with Crippen molar-refractivity contribution in [1.82, 2.24) is 5.32 Å². The Balaban J connectivity index is 1.72. The number of benzene rings is 2. The highest BCUT2D eigenvalue weighted by Crippen LogP contribution is 2.38. The molecule has 35 heavy (non-hydrogen) atoms. The minimum Gasteiger partial charge on any atom is -0.457 e. The second-order valence-corrected chi connectivity index (χ2v) is 8.53. The Bertz CT molecular complexity index is 1310. The summed E-state index contributed by atoms with van der Waals surface area (Å²) in [6.45, 7) is 2.12. The van der Waals surface area contributed by atoms with E-state index in [1.54, 1.807) is 17.0 Å². The van der Waals surface area contributed by atoms with E-state index in [0.29, 0.717) is 5.69 Å². The molecule has 2 heterocycles. The maximum absolute atomic E-state index is 13.1. The summed E-state index contributed by atoms with van der Waals surface area (Å²) in [7, 11) is 0. The van der Waals surface area contributed by atoms with Crippen molar-refractivity contribution in [3.05, 3.63) is 88.2 Å². The maximum Gasteiger partial charge on any atom is 0.416 e. The Morgan fingerprint density at radius 2 is 1.89 bits per heavy atom. The van der Waals surface area contributed by atoms with Gasteiger partial charge in [0.2, 0.25) is 0 Å².